The molecule has 68 valence electrons. The summed E-state index contributed by atoms with van der Waals surface area (Å²) >= 11 is 3.41. The molecule has 1 atom stereocenters. The van der Waals surface area contributed by atoms with Crippen LogP contribution >= 0.6 is 15.9 Å². The quantitative estimate of drug-likeness (QED) is 0.802. The van der Waals surface area contributed by atoms with Crippen molar-refractivity contribution in [1.82, 2.24) is 5.32 Å². The van der Waals surface area contributed by atoms with Crippen molar-refractivity contribution in [3.05, 3.63) is 34.3 Å². The van der Waals surface area contributed by atoms with Gasteiger partial charge in [-0.25, -0.2) is 0 Å². The molecule has 1 aromatic carbocycles. The van der Waals surface area contributed by atoms with E-state index in [1.54, 1.807) is 0 Å². The van der Waals surface area contributed by atoms with Gasteiger partial charge in [-0.15, -0.1) is 0 Å². The fraction of sp³-hybridized carbons (Fsp3) is 0.300. The number of hydrogen-bond donors (Lipinski definition) is 1. The molecule has 0 unspecified atom stereocenters. The predicted octanol–water partition coefficient (Wildman–Crippen LogP) is 2.40. The second-order valence-corrected chi connectivity index (χ2v) is 4.13. The summed E-state index contributed by atoms with van der Waals surface area (Å²) in [6.07, 6.45) is 1.56. The van der Waals surface area contributed by atoms with Gasteiger partial charge in [0.2, 0.25) is 5.91 Å². The highest BCUT2D eigenvalue weighted by Crippen LogP contribution is 2.25. The molecule has 0 radical (unpaired) electrons. The zero-order valence-corrected chi connectivity index (χ0v) is 8.67. The summed E-state index contributed by atoms with van der Waals surface area (Å²) in [7, 11) is 0. The third-order valence-electron chi connectivity index (χ3n) is 2.25. The van der Waals surface area contributed by atoms with E-state index in [-0.39, 0.29) is 11.9 Å². The van der Waals surface area contributed by atoms with Crippen LogP contribution in [0.5, 0.6) is 0 Å². The van der Waals surface area contributed by atoms with Crippen LogP contribution in [0.1, 0.15) is 24.4 Å². The zero-order valence-electron chi connectivity index (χ0n) is 7.09. The normalized spacial score (nSPS) is 21.6. The minimum absolute atomic E-state index is 0.157. The zero-order chi connectivity index (χ0) is 9.26. The molecule has 1 aromatic rings. The highest BCUT2D eigenvalue weighted by Gasteiger charge is 2.21. The fourth-order valence-corrected chi connectivity index (χ4v) is 2.00. The Kier molecular flexibility index (Phi) is 2.36. The van der Waals surface area contributed by atoms with Crippen LogP contribution in [0.15, 0.2) is 28.7 Å². The Labute approximate surface area is 85.5 Å². The molecule has 1 fully saturated rings. The molecule has 0 saturated carbocycles. The Bertz CT molecular complexity index is 337. The number of hydrogen-bond acceptors (Lipinski definition) is 1. The van der Waals surface area contributed by atoms with Gasteiger partial charge in [-0.2, -0.15) is 0 Å². The van der Waals surface area contributed by atoms with Gasteiger partial charge in [0.25, 0.3) is 0 Å². The number of amides is 1. The van der Waals surface area contributed by atoms with Gasteiger partial charge >= 0.3 is 0 Å². The summed E-state index contributed by atoms with van der Waals surface area (Å²) < 4.78 is 1.06. The van der Waals surface area contributed by atoms with Crippen LogP contribution in [0.3, 0.4) is 0 Å². The lowest BCUT2D eigenvalue weighted by atomic mass is 10.1. The Morgan fingerprint density at radius 2 is 2.31 bits per heavy atom. The second-order valence-electron chi connectivity index (χ2n) is 3.21. The first-order valence-electron chi connectivity index (χ1n) is 4.30. The van der Waals surface area contributed by atoms with Crippen molar-refractivity contribution in [2.24, 2.45) is 0 Å². The largest absolute Gasteiger partial charge is 0.349 e. The fourth-order valence-electron chi connectivity index (χ4n) is 1.59. The van der Waals surface area contributed by atoms with Crippen molar-refractivity contribution >= 4 is 21.8 Å². The van der Waals surface area contributed by atoms with Gasteiger partial charge in [0.1, 0.15) is 0 Å². The summed E-state index contributed by atoms with van der Waals surface area (Å²) in [6.45, 7) is 0. The summed E-state index contributed by atoms with van der Waals surface area (Å²) in [6, 6.07) is 8.28. The molecule has 1 heterocycles. The van der Waals surface area contributed by atoms with E-state index in [0.29, 0.717) is 6.42 Å². The Morgan fingerprint density at radius 1 is 1.46 bits per heavy atom. The molecule has 1 N–H and O–H groups in total. The summed E-state index contributed by atoms with van der Waals surface area (Å²) in [5.41, 5.74) is 1.18. The van der Waals surface area contributed by atoms with Crippen LogP contribution in [0.4, 0.5) is 0 Å². The lowest BCUT2D eigenvalue weighted by molar-refractivity contribution is -0.119. The lowest BCUT2D eigenvalue weighted by Gasteiger charge is -2.09. The van der Waals surface area contributed by atoms with E-state index < -0.39 is 0 Å². The van der Waals surface area contributed by atoms with Gasteiger partial charge in [-0.3, -0.25) is 4.79 Å². The standard InChI is InChI=1S/C10H10BrNO/c11-8-3-1-2-7(6-8)9-4-5-10(13)12-9/h1-3,6,9H,4-5H2,(H,12,13)/t9-/m1/s1. The second kappa shape index (κ2) is 3.50. The Morgan fingerprint density at radius 3 is 2.92 bits per heavy atom. The SMILES string of the molecule is O=C1CC[C@H](c2cccc(Br)c2)N1. The maximum Gasteiger partial charge on any atom is 0.220 e. The number of benzene rings is 1. The van der Waals surface area contributed by atoms with Crippen LogP contribution in [-0.4, -0.2) is 5.91 Å². The number of carbonyl (C=O) groups is 1. The van der Waals surface area contributed by atoms with Gasteiger partial charge in [0.05, 0.1) is 6.04 Å². The molecular formula is C10H10BrNO. The molecule has 2 rings (SSSR count). The average molecular weight is 240 g/mol. The first-order chi connectivity index (χ1) is 6.25. The molecule has 1 amide bonds. The van der Waals surface area contributed by atoms with Crippen molar-refractivity contribution < 1.29 is 4.79 Å². The van der Waals surface area contributed by atoms with Gasteiger partial charge in [0.15, 0.2) is 0 Å². The molecule has 1 saturated heterocycles. The van der Waals surface area contributed by atoms with E-state index in [1.165, 1.54) is 5.56 Å². The van der Waals surface area contributed by atoms with Gasteiger partial charge in [-0.05, 0) is 24.1 Å². The Hall–Kier alpha value is -0.830. The van der Waals surface area contributed by atoms with Gasteiger partial charge < -0.3 is 5.32 Å². The van der Waals surface area contributed by atoms with Crippen molar-refractivity contribution in [2.75, 3.05) is 0 Å². The number of rotatable bonds is 1. The third kappa shape index (κ3) is 1.91. The van der Waals surface area contributed by atoms with Crippen molar-refractivity contribution in [2.45, 2.75) is 18.9 Å². The maximum atomic E-state index is 11.0. The molecule has 0 aliphatic carbocycles. The van der Waals surface area contributed by atoms with Crippen molar-refractivity contribution in [3.8, 4) is 0 Å². The minimum Gasteiger partial charge on any atom is -0.349 e. The summed E-state index contributed by atoms with van der Waals surface area (Å²) in [4.78, 5) is 11.0. The number of halogens is 1. The van der Waals surface area contributed by atoms with E-state index in [1.807, 2.05) is 18.2 Å². The monoisotopic (exact) mass is 239 g/mol. The topological polar surface area (TPSA) is 29.1 Å². The molecule has 13 heavy (non-hydrogen) atoms. The van der Waals surface area contributed by atoms with E-state index in [9.17, 15) is 4.79 Å². The highest BCUT2D eigenvalue weighted by atomic mass is 79.9. The lowest BCUT2D eigenvalue weighted by Crippen LogP contribution is -2.18. The highest BCUT2D eigenvalue weighted by molar-refractivity contribution is 9.10. The van der Waals surface area contributed by atoms with E-state index in [4.69, 9.17) is 0 Å². The first kappa shape index (κ1) is 8.75. The van der Waals surface area contributed by atoms with Crippen LogP contribution in [0.25, 0.3) is 0 Å². The summed E-state index contributed by atoms with van der Waals surface area (Å²) in [5, 5.41) is 2.94. The minimum atomic E-state index is 0.157. The van der Waals surface area contributed by atoms with Crippen molar-refractivity contribution in [1.29, 1.82) is 0 Å². The van der Waals surface area contributed by atoms with Crippen LogP contribution in [0, 0.1) is 0 Å². The molecule has 3 heteroatoms. The van der Waals surface area contributed by atoms with Crippen LogP contribution < -0.4 is 5.32 Å². The van der Waals surface area contributed by atoms with E-state index >= 15 is 0 Å². The van der Waals surface area contributed by atoms with E-state index in [2.05, 4.69) is 27.3 Å². The maximum absolute atomic E-state index is 11.0. The molecule has 1 aliphatic heterocycles. The van der Waals surface area contributed by atoms with Crippen LogP contribution in [0.2, 0.25) is 0 Å². The van der Waals surface area contributed by atoms with E-state index in [0.717, 1.165) is 10.9 Å². The van der Waals surface area contributed by atoms with Gasteiger partial charge in [0, 0.05) is 10.9 Å². The van der Waals surface area contributed by atoms with Crippen LogP contribution in [-0.2, 0) is 4.79 Å². The number of nitrogens with one attached hydrogen (secondary N) is 1. The smallest absolute Gasteiger partial charge is 0.220 e. The molecule has 2 nitrogen and oxygen atoms in total. The van der Waals surface area contributed by atoms with Gasteiger partial charge in [-0.1, -0.05) is 28.1 Å². The van der Waals surface area contributed by atoms with Crippen molar-refractivity contribution in [3.63, 3.8) is 0 Å². The number of carbonyl (C=O) groups excluding carboxylic acids is 1. The Balaban J connectivity index is 2.21. The molecule has 0 spiro atoms. The predicted molar refractivity (Wildman–Crippen MR) is 54.3 cm³/mol. The molecular weight excluding hydrogens is 230 g/mol. The molecule has 1 aliphatic rings. The molecule has 0 bridgehead atoms. The summed E-state index contributed by atoms with van der Waals surface area (Å²) in [5.74, 6) is 0.157. The third-order valence-corrected chi connectivity index (χ3v) is 2.74. The first-order valence-corrected chi connectivity index (χ1v) is 5.10. The molecule has 0 aromatic heterocycles. The average Bonchev–Trinajstić information content (AvgIpc) is 2.52.